The summed E-state index contributed by atoms with van der Waals surface area (Å²) in [5.41, 5.74) is 1.82. The van der Waals surface area contributed by atoms with E-state index >= 15 is 0 Å². The van der Waals surface area contributed by atoms with E-state index in [-0.39, 0.29) is 5.56 Å². The molecule has 8 heteroatoms. The minimum absolute atomic E-state index is 0.378. The van der Waals surface area contributed by atoms with Gasteiger partial charge in [0.05, 0.1) is 16.4 Å². The highest BCUT2D eigenvalue weighted by molar-refractivity contribution is 6.33. The van der Waals surface area contributed by atoms with Crippen molar-refractivity contribution in [1.29, 1.82) is 0 Å². The van der Waals surface area contributed by atoms with Gasteiger partial charge in [0.15, 0.2) is 5.82 Å². The number of para-hydroxylation sites is 1. The normalized spacial score (nSPS) is 12.0. The van der Waals surface area contributed by atoms with Gasteiger partial charge in [-0.15, -0.1) is 5.10 Å². The Labute approximate surface area is 155 Å². The number of hydrogen-bond acceptors (Lipinski definition) is 4. The van der Waals surface area contributed by atoms with Crippen molar-refractivity contribution in [3.05, 3.63) is 69.2 Å². The van der Waals surface area contributed by atoms with Gasteiger partial charge in [0.2, 0.25) is 5.91 Å². The van der Waals surface area contributed by atoms with Crippen LogP contribution in [0.2, 0.25) is 5.02 Å². The Kier molecular flexibility index (Phi) is 4.90. The number of anilines is 1. The smallest absolute Gasteiger partial charge is 0.267 e. The average molecular weight is 372 g/mol. The molecule has 2 heterocycles. The molecule has 0 spiro atoms. The zero-order valence-corrected chi connectivity index (χ0v) is 15.4. The lowest BCUT2D eigenvalue weighted by molar-refractivity contribution is -0.119. The molecule has 1 unspecified atom stereocenters. The van der Waals surface area contributed by atoms with Crippen molar-refractivity contribution in [2.24, 2.45) is 0 Å². The summed E-state index contributed by atoms with van der Waals surface area (Å²) in [6.07, 6.45) is 0. The van der Waals surface area contributed by atoms with E-state index < -0.39 is 11.9 Å². The van der Waals surface area contributed by atoms with Crippen LogP contribution in [-0.4, -0.2) is 25.5 Å². The SMILES string of the molecule is Cc1cc(C)n(-c2ccc(=O)n(C(C)C(=O)Nc3ccccc3Cl)n2)n1. The van der Waals surface area contributed by atoms with Crippen molar-refractivity contribution in [3.63, 3.8) is 0 Å². The van der Waals surface area contributed by atoms with Gasteiger partial charge < -0.3 is 5.32 Å². The van der Waals surface area contributed by atoms with Crippen LogP contribution in [0, 0.1) is 13.8 Å². The third kappa shape index (κ3) is 3.52. The monoisotopic (exact) mass is 371 g/mol. The lowest BCUT2D eigenvalue weighted by atomic mass is 10.2. The Morgan fingerprint density at radius 3 is 2.54 bits per heavy atom. The number of carbonyl (C=O) groups excluding carboxylic acids is 1. The fourth-order valence-electron chi connectivity index (χ4n) is 2.58. The zero-order valence-electron chi connectivity index (χ0n) is 14.6. The number of carbonyl (C=O) groups is 1. The van der Waals surface area contributed by atoms with Crippen molar-refractivity contribution in [1.82, 2.24) is 19.6 Å². The van der Waals surface area contributed by atoms with E-state index in [0.717, 1.165) is 16.1 Å². The van der Waals surface area contributed by atoms with Crippen molar-refractivity contribution in [2.45, 2.75) is 26.8 Å². The molecule has 1 atom stereocenters. The fourth-order valence-corrected chi connectivity index (χ4v) is 2.76. The summed E-state index contributed by atoms with van der Waals surface area (Å²) in [5, 5.41) is 11.8. The Bertz CT molecular complexity index is 1020. The van der Waals surface area contributed by atoms with Gasteiger partial charge in [-0.25, -0.2) is 9.36 Å². The number of nitrogens with zero attached hydrogens (tertiary/aromatic N) is 4. The highest BCUT2D eigenvalue weighted by Crippen LogP contribution is 2.21. The molecule has 26 heavy (non-hydrogen) atoms. The molecular formula is C18H18ClN5O2. The van der Waals surface area contributed by atoms with Crippen molar-refractivity contribution in [3.8, 4) is 5.82 Å². The maximum atomic E-state index is 12.5. The van der Waals surface area contributed by atoms with Crippen LogP contribution in [0.1, 0.15) is 24.4 Å². The van der Waals surface area contributed by atoms with Gasteiger partial charge in [0, 0.05) is 11.8 Å². The predicted molar refractivity (Wildman–Crippen MR) is 99.9 cm³/mol. The summed E-state index contributed by atoms with van der Waals surface area (Å²) >= 11 is 6.06. The standard InChI is InChI=1S/C18H18ClN5O2/c1-11-10-12(2)23(21-11)16-8-9-17(25)24(22-16)13(3)18(26)20-15-7-5-4-6-14(15)19/h4-10,13H,1-3H3,(H,20,26). The summed E-state index contributed by atoms with van der Waals surface area (Å²) in [6.45, 7) is 5.37. The summed E-state index contributed by atoms with van der Waals surface area (Å²) < 4.78 is 2.77. The largest absolute Gasteiger partial charge is 0.323 e. The molecule has 1 aromatic carbocycles. The molecule has 2 aromatic heterocycles. The first-order valence-corrected chi connectivity index (χ1v) is 8.43. The molecule has 1 N–H and O–H groups in total. The number of aryl methyl sites for hydroxylation is 2. The number of benzene rings is 1. The van der Waals surface area contributed by atoms with Crippen LogP contribution in [0.4, 0.5) is 5.69 Å². The van der Waals surface area contributed by atoms with E-state index in [0.29, 0.717) is 16.5 Å². The number of nitrogens with one attached hydrogen (secondary N) is 1. The molecule has 0 saturated heterocycles. The van der Waals surface area contributed by atoms with Gasteiger partial charge in [-0.3, -0.25) is 9.59 Å². The van der Waals surface area contributed by atoms with Gasteiger partial charge in [-0.1, -0.05) is 23.7 Å². The molecule has 0 aliphatic rings. The second-order valence-electron chi connectivity index (χ2n) is 5.96. The number of hydrogen-bond donors (Lipinski definition) is 1. The second kappa shape index (κ2) is 7.13. The lowest BCUT2D eigenvalue weighted by Crippen LogP contribution is -2.33. The van der Waals surface area contributed by atoms with E-state index in [1.54, 1.807) is 41.9 Å². The van der Waals surface area contributed by atoms with Gasteiger partial charge >= 0.3 is 0 Å². The molecule has 3 rings (SSSR count). The lowest BCUT2D eigenvalue weighted by Gasteiger charge is -2.15. The first-order valence-electron chi connectivity index (χ1n) is 8.05. The van der Waals surface area contributed by atoms with Crippen molar-refractivity contribution >= 4 is 23.2 Å². The van der Waals surface area contributed by atoms with Gasteiger partial charge in [0.1, 0.15) is 6.04 Å². The van der Waals surface area contributed by atoms with E-state index in [1.165, 1.54) is 6.07 Å². The van der Waals surface area contributed by atoms with Gasteiger partial charge in [0.25, 0.3) is 5.56 Å². The van der Waals surface area contributed by atoms with Crippen LogP contribution in [0.3, 0.4) is 0 Å². The van der Waals surface area contributed by atoms with Crippen LogP contribution in [0.15, 0.2) is 47.3 Å². The molecular weight excluding hydrogens is 354 g/mol. The van der Waals surface area contributed by atoms with Crippen molar-refractivity contribution < 1.29 is 4.79 Å². The van der Waals surface area contributed by atoms with Gasteiger partial charge in [-0.05, 0) is 45.0 Å². The molecule has 7 nitrogen and oxygen atoms in total. The summed E-state index contributed by atoms with van der Waals surface area (Å²) in [6, 6.07) is 10.9. The number of rotatable bonds is 4. The minimum Gasteiger partial charge on any atom is -0.323 e. The molecule has 0 aliphatic heterocycles. The molecule has 0 aliphatic carbocycles. The molecule has 1 amide bonds. The quantitative estimate of drug-likeness (QED) is 0.764. The van der Waals surface area contributed by atoms with E-state index in [9.17, 15) is 9.59 Å². The average Bonchev–Trinajstić information content (AvgIpc) is 2.95. The Balaban J connectivity index is 1.91. The molecule has 0 bridgehead atoms. The third-order valence-corrected chi connectivity index (χ3v) is 4.25. The van der Waals surface area contributed by atoms with Crippen LogP contribution in [0.5, 0.6) is 0 Å². The van der Waals surface area contributed by atoms with Gasteiger partial charge in [-0.2, -0.15) is 5.10 Å². The zero-order chi connectivity index (χ0) is 18.8. The van der Waals surface area contributed by atoms with Crippen LogP contribution < -0.4 is 10.9 Å². The molecule has 0 radical (unpaired) electrons. The topological polar surface area (TPSA) is 81.8 Å². The van der Waals surface area contributed by atoms with Crippen LogP contribution in [-0.2, 0) is 4.79 Å². The Hall–Kier alpha value is -2.93. The highest BCUT2D eigenvalue weighted by Gasteiger charge is 2.19. The Morgan fingerprint density at radius 1 is 1.15 bits per heavy atom. The summed E-state index contributed by atoms with van der Waals surface area (Å²) in [7, 11) is 0. The minimum atomic E-state index is -0.823. The first-order chi connectivity index (χ1) is 12.4. The maximum Gasteiger partial charge on any atom is 0.267 e. The number of aromatic nitrogens is 4. The van der Waals surface area contributed by atoms with E-state index in [1.807, 2.05) is 19.9 Å². The van der Waals surface area contributed by atoms with Crippen molar-refractivity contribution in [2.75, 3.05) is 5.32 Å². The molecule has 134 valence electrons. The molecule has 0 saturated carbocycles. The van der Waals surface area contributed by atoms with E-state index in [4.69, 9.17) is 11.6 Å². The number of amides is 1. The van der Waals surface area contributed by atoms with Crippen LogP contribution in [0.25, 0.3) is 5.82 Å². The summed E-state index contributed by atoms with van der Waals surface area (Å²) in [5.74, 6) is 0.0748. The Morgan fingerprint density at radius 2 is 1.88 bits per heavy atom. The molecule has 0 fully saturated rings. The highest BCUT2D eigenvalue weighted by atomic mass is 35.5. The predicted octanol–water partition coefficient (Wildman–Crippen LogP) is 2.90. The fraction of sp³-hybridized carbons (Fsp3) is 0.222. The number of halogens is 1. The van der Waals surface area contributed by atoms with Crippen LogP contribution >= 0.6 is 11.6 Å². The molecule has 3 aromatic rings. The second-order valence-corrected chi connectivity index (χ2v) is 6.37. The first kappa shape index (κ1) is 17.9. The summed E-state index contributed by atoms with van der Waals surface area (Å²) in [4.78, 5) is 24.8. The third-order valence-electron chi connectivity index (χ3n) is 3.92. The maximum absolute atomic E-state index is 12.5. The van der Waals surface area contributed by atoms with E-state index in [2.05, 4.69) is 15.5 Å².